The predicted molar refractivity (Wildman–Crippen MR) is 91.5 cm³/mol. The van der Waals surface area contributed by atoms with Crippen molar-refractivity contribution in [2.75, 3.05) is 6.54 Å². The molecule has 2 heterocycles. The summed E-state index contributed by atoms with van der Waals surface area (Å²) in [7, 11) is 0. The van der Waals surface area contributed by atoms with Gasteiger partial charge in [0.1, 0.15) is 0 Å². The first-order chi connectivity index (χ1) is 11.8. The van der Waals surface area contributed by atoms with Crippen LogP contribution in [0.5, 0.6) is 0 Å². The standard InChI is InChI=1S/C20H24N2O2/c23-20-11-17(15-7-3-1-4-8-15)13-22(20)14-18-12-19(21-24-18)16-9-5-2-6-10-16/h1,3-4,7-8,12,16-17H,2,5-6,9-11,13-14H2/t17-/m0/s1. The van der Waals surface area contributed by atoms with Crippen LogP contribution in [0.3, 0.4) is 0 Å². The molecular weight excluding hydrogens is 300 g/mol. The monoisotopic (exact) mass is 324 g/mol. The van der Waals surface area contributed by atoms with Crippen molar-refractivity contribution in [1.82, 2.24) is 10.1 Å². The van der Waals surface area contributed by atoms with Gasteiger partial charge in [0.15, 0.2) is 5.76 Å². The molecule has 4 nitrogen and oxygen atoms in total. The number of carbonyl (C=O) groups excluding carboxylic acids is 1. The van der Waals surface area contributed by atoms with Gasteiger partial charge >= 0.3 is 0 Å². The van der Waals surface area contributed by atoms with E-state index in [1.807, 2.05) is 23.1 Å². The van der Waals surface area contributed by atoms with Crippen LogP contribution in [0.2, 0.25) is 0 Å². The molecule has 1 atom stereocenters. The van der Waals surface area contributed by atoms with E-state index in [9.17, 15) is 4.79 Å². The van der Waals surface area contributed by atoms with Gasteiger partial charge in [-0.15, -0.1) is 0 Å². The highest BCUT2D eigenvalue weighted by atomic mass is 16.5. The van der Waals surface area contributed by atoms with Gasteiger partial charge in [-0.25, -0.2) is 0 Å². The second kappa shape index (κ2) is 6.80. The molecule has 1 saturated heterocycles. The topological polar surface area (TPSA) is 46.3 Å². The molecule has 1 aliphatic heterocycles. The Hall–Kier alpha value is -2.10. The van der Waals surface area contributed by atoms with Crippen molar-refractivity contribution in [3.05, 3.63) is 53.4 Å². The lowest BCUT2D eigenvalue weighted by molar-refractivity contribution is -0.128. The van der Waals surface area contributed by atoms with Crippen LogP contribution < -0.4 is 0 Å². The van der Waals surface area contributed by atoms with Gasteiger partial charge in [0.05, 0.1) is 12.2 Å². The van der Waals surface area contributed by atoms with Gasteiger partial charge in [-0.1, -0.05) is 54.8 Å². The molecule has 1 aliphatic carbocycles. The summed E-state index contributed by atoms with van der Waals surface area (Å²) in [5.74, 6) is 1.86. The van der Waals surface area contributed by atoms with Crippen LogP contribution in [0.1, 0.15) is 67.4 Å². The minimum absolute atomic E-state index is 0.208. The third-order valence-corrected chi connectivity index (χ3v) is 5.43. The number of benzene rings is 1. The van der Waals surface area contributed by atoms with Gasteiger partial charge in [-0.2, -0.15) is 0 Å². The lowest BCUT2D eigenvalue weighted by Gasteiger charge is -2.18. The van der Waals surface area contributed by atoms with Crippen LogP contribution in [0.15, 0.2) is 40.9 Å². The van der Waals surface area contributed by atoms with Gasteiger partial charge in [0.25, 0.3) is 0 Å². The van der Waals surface area contributed by atoms with Crippen molar-refractivity contribution in [1.29, 1.82) is 0 Å². The third kappa shape index (κ3) is 3.23. The van der Waals surface area contributed by atoms with E-state index in [1.54, 1.807) is 0 Å². The van der Waals surface area contributed by atoms with E-state index in [0.29, 0.717) is 24.8 Å². The number of hydrogen-bond acceptors (Lipinski definition) is 3. The zero-order chi connectivity index (χ0) is 16.4. The number of rotatable bonds is 4. The summed E-state index contributed by atoms with van der Waals surface area (Å²) in [4.78, 5) is 14.2. The molecule has 1 amide bonds. The first-order valence-corrected chi connectivity index (χ1v) is 9.08. The SMILES string of the molecule is O=C1C[C@H](c2ccccc2)CN1Cc1cc(C2CCCCC2)no1. The molecule has 0 bridgehead atoms. The zero-order valence-electron chi connectivity index (χ0n) is 14.0. The van der Waals surface area contributed by atoms with Crippen LogP contribution in [0.4, 0.5) is 0 Å². The van der Waals surface area contributed by atoms with Crippen LogP contribution in [0, 0.1) is 0 Å². The Morgan fingerprint density at radius 1 is 1.08 bits per heavy atom. The molecule has 1 saturated carbocycles. The van der Waals surface area contributed by atoms with Crippen LogP contribution in [0.25, 0.3) is 0 Å². The van der Waals surface area contributed by atoms with Crippen molar-refractivity contribution >= 4 is 5.91 Å². The Morgan fingerprint density at radius 2 is 1.88 bits per heavy atom. The van der Waals surface area contributed by atoms with E-state index in [4.69, 9.17) is 4.52 Å². The summed E-state index contributed by atoms with van der Waals surface area (Å²) >= 11 is 0. The van der Waals surface area contributed by atoms with Crippen molar-refractivity contribution in [2.24, 2.45) is 0 Å². The Kier molecular flexibility index (Phi) is 4.37. The maximum Gasteiger partial charge on any atom is 0.223 e. The lowest BCUT2D eigenvalue weighted by Crippen LogP contribution is -2.24. The van der Waals surface area contributed by atoms with Crippen molar-refractivity contribution in [2.45, 2.75) is 56.9 Å². The summed E-state index contributed by atoms with van der Waals surface area (Å²) in [6.07, 6.45) is 6.93. The second-order valence-electron chi connectivity index (χ2n) is 7.14. The molecule has 4 heteroatoms. The highest BCUT2D eigenvalue weighted by Crippen LogP contribution is 2.33. The smallest absolute Gasteiger partial charge is 0.223 e. The summed E-state index contributed by atoms with van der Waals surface area (Å²) < 4.78 is 5.53. The number of amides is 1. The Labute approximate surface area is 142 Å². The molecule has 0 spiro atoms. The van der Waals surface area contributed by atoms with E-state index in [1.165, 1.54) is 37.7 Å². The first kappa shape index (κ1) is 15.4. The van der Waals surface area contributed by atoms with Crippen molar-refractivity contribution in [3.8, 4) is 0 Å². The summed E-state index contributed by atoms with van der Waals surface area (Å²) in [6.45, 7) is 1.31. The number of nitrogens with zero attached hydrogens (tertiary/aromatic N) is 2. The zero-order valence-corrected chi connectivity index (χ0v) is 14.0. The number of carbonyl (C=O) groups is 1. The molecule has 1 aromatic heterocycles. The molecule has 1 aromatic carbocycles. The largest absolute Gasteiger partial charge is 0.359 e. The van der Waals surface area contributed by atoms with E-state index in [0.717, 1.165) is 18.0 Å². The lowest BCUT2D eigenvalue weighted by atomic mass is 9.87. The van der Waals surface area contributed by atoms with Gasteiger partial charge in [0, 0.05) is 30.9 Å². The average molecular weight is 324 g/mol. The molecule has 2 fully saturated rings. The highest BCUT2D eigenvalue weighted by Gasteiger charge is 2.31. The molecule has 126 valence electrons. The fraction of sp³-hybridized carbons (Fsp3) is 0.500. The van der Waals surface area contributed by atoms with E-state index in [2.05, 4.69) is 23.4 Å². The fourth-order valence-electron chi connectivity index (χ4n) is 4.06. The first-order valence-electron chi connectivity index (χ1n) is 9.08. The molecule has 24 heavy (non-hydrogen) atoms. The van der Waals surface area contributed by atoms with Gasteiger partial charge in [0.2, 0.25) is 5.91 Å². The second-order valence-corrected chi connectivity index (χ2v) is 7.14. The third-order valence-electron chi connectivity index (χ3n) is 5.43. The van der Waals surface area contributed by atoms with Crippen LogP contribution >= 0.6 is 0 Å². The van der Waals surface area contributed by atoms with E-state index >= 15 is 0 Å². The highest BCUT2D eigenvalue weighted by molar-refractivity contribution is 5.79. The molecule has 0 unspecified atom stereocenters. The molecular formula is C20H24N2O2. The number of likely N-dealkylation sites (tertiary alicyclic amines) is 1. The maximum atomic E-state index is 12.3. The number of aromatic nitrogens is 1. The van der Waals surface area contributed by atoms with Gasteiger partial charge in [-0.3, -0.25) is 4.79 Å². The minimum atomic E-state index is 0.208. The molecule has 2 aromatic rings. The molecule has 2 aliphatic rings. The predicted octanol–water partition coefficient (Wildman–Crippen LogP) is 4.24. The maximum absolute atomic E-state index is 12.3. The quantitative estimate of drug-likeness (QED) is 0.845. The number of hydrogen-bond donors (Lipinski definition) is 0. The van der Waals surface area contributed by atoms with Crippen LogP contribution in [-0.2, 0) is 11.3 Å². The van der Waals surface area contributed by atoms with Crippen molar-refractivity contribution < 1.29 is 9.32 Å². The van der Waals surface area contributed by atoms with Crippen LogP contribution in [-0.4, -0.2) is 22.5 Å². The Bertz CT molecular complexity index is 689. The minimum Gasteiger partial charge on any atom is -0.359 e. The van der Waals surface area contributed by atoms with Gasteiger partial charge < -0.3 is 9.42 Å². The molecule has 4 rings (SSSR count). The van der Waals surface area contributed by atoms with E-state index < -0.39 is 0 Å². The molecule has 0 N–H and O–H groups in total. The van der Waals surface area contributed by atoms with Gasteiger partial charge in [-0.05, 0) is 18.4 Å². The van der Waals surface area contributed by atoms with E-state index in [-0.39, 0.29) is 5.91 Å². The molecule has 0 radical (unpaired) electrons. The summed E-state index contributed by atoms with van der Waals surface area (Å²) in [5, 5.41) is 4.27. The summed E-state index contributed by atoms with van der Waals surface area (Å²) in [5.41, 5.74) is 2.32. The summed E-state index contributed by atoms with van der Waals surface area (Å²) in [6, 6.07) is 12.4. The Morgan fingerprint density at radius 3 is 2.67 bits per heavy atom. The average Bonchev–Trinajstić information content (AvgIpc) is 3.24. The Balaban J connectivity index is 1.40. The van der Waals surface area contributed by atoms with Crippen molar-refractivity contribution in [3.63, 3.8) is 0 Å². The normalized spacial score (nSPS) is 22.2. The fourth-order valence-corrected chi connectivity index (χ4v) is 4.06.